The molecular weight excluding hydrogens is 258 g/mol. The SMILES string of the molecule is CCOC(=O)CCCNS(=O)(=O)C1CCOCC1. The number of nitrogens with one attached hydrogen (secondary N) is 1. The number of ether oxygens (including phenoxy) is 2. The molecule has 0 aromatic rings. The Morgan fingerprint density at radius 1 is 1.39 bits per heavy atom. The molecule has 106 valence electrons. The molecule has 0 saturated carbocycles. The van der Waals surface area contributed by atoms with Crippen LogP contribution in [-0.4, -0.2) is 46.0 Å². The molecule has 0 spiro atoms. The molecule has 1 fully saturated rings. The molecule has 0 bridgehead atoms. The predicted molar refractivity (Wildman–Crippen MR) is 66.6 cm³/mol. The molecule has 1 aliphatic heterocycles. The van der Waals surface area contributed by atoms with Gasteiger partial charge in [-0.15, -0.1) is 0 Å². The smallest absolute Gasteiger partial charge is 0.305 e. The summed E-state index contributed by atoms with van der Waals surface area (Å²) in [6, 6.07) is 0. The van der Waals surface area contributed by atoms with Crippen molar-refractivity contribution < 1.29 is 22.7 Å². The van der Waals surface area contributed by atoms with Gasteiger partial charge in [0.05, 0.1) is 11.9 Å². The highest BCUT2D eigenvalue weighted by atomic mass is 32.2. The topological polar surface area (TPSA) is 81.7 Å². The zero-order chi connectivity index (χ0) is 13.4. The van der Waals surface area contributed by atoms with E-state index in [2.05, 4.69) is 4.72 Å². The summed E-state index contributed by atoms with van der Waals surface area (Å²) in [5.41, 5.74) is 0. The van der Waals surface area contributed by atoms with E-state index in [0.29, 0.717) is 39.1 Å². The van der Waals surface area contributed by atoms with Gasteiger partial charge in [-0.25, -0.2) is 13.1 Å². The summed E-state index contributed by atoms with van der Waals surface area (Å²) in [5, 5.41) is -0.367. The van der Waals surface area contributed by atoms with Gasteiger partial charge in [-0.05, 0) is 26.2 Å². The fourth-order valence-electron chi connectivity index (χ4n) is 1.78. The van der Waals surface area contributed by atoms with Crippen molar-refractivity contribution in [3.05, 3.63) is 0 Å². The predicted octanol–water partition coefficient (Wildman–Crippen LogP) is 0.428. The van der Waals surface area contributed by atoms with Crippen LogP contribution in [0.5, 0.6) is 0 Å². The van der Waals surface area contributed by atoms with E-state index in [4.69, 9.17) is 9.47 Å². The molecule has 1 saturated heterocycles. The van der Waals surface area contributed by atoms with Gasteiger partial charge in [-0.2, -0.15) is 0 Å². The lowest BCUT2D eigenvalue weighted by Crippen LogP contribution is -2.38. The van der Waals surface area contributed by atoms with E-state index < -0.39 is 10.0 Å². The van der Waals surface area contributed by atoms with E-state index in [9.17, 15) is 13.2 Å². The fraction of sp³-hybridized carbons (Fsp3) is 0.909. The van der Waals surface area contributed by atoms with Gasteiger partial charge in [0, 0.05) is 26.2 Å². The quantitative estimate of drug-likeness (QED) is 0.540. The van der Waals surface area contributed by atoms with E-state index in [1.54, 1.807) is 6.92 Å². The van der Waals surface area contributed by atoms with Crippen molar-refractivity contribution in [2.45, 2.75) is 37.9 Å². The zero-order valence-electron chi connectivity index (χ0n) is 10.7. The molecule has 0 unspecified atom stereocenters. The number of sulfonamides is 1. The van der Waals surface area contributed by atoms with Crippen LogP contribution in [0, 0.1) is 0 Å². The van der Waals surface area contributed by atoms with Crippen LogP contribution < -0.4 is 4.72 Å². The standard InChI is InChI=1S/C11H21NO5S/c1-2-17-11(13)4-3-7-12-18(14,15)10-5-8-16-9-6-10/h10,12H,2-9H2,1H3. The first-order valence-corrected chi connectivity index (χ1v) is 7.82. The van der Waals surface area contributed by atoms with Crippen molar-refractivity contribution >= 4 is 16.0 Å². The molecule has 1 N–H and O–H groups in total. The van der Waals surface area contributed by atoms with Crippen molar-refractivity contribution in [3.63, 3.8) is 0 Å². The maximum absolute atomic E-state index is 11.9. The summed E-state index contributed by atoms with van der Waals surface area (Å²) in [7, 11) is -3.28. The minimum absolute atomic E-state index is 0.240. The van der Waals surface area contributed by atoms with Gasteiger partial charge in [-0.1, -0.05) is 0 Å². The minimum atomic E-state index is -3.28. The van der Waals surface area contributed by atoms with Gasteiger partial charge < -0.3 is 9.47 Å². The van der Waals surface area contributed by atoms with Gasteiger partial charge in [0.25, 0.3) is 0 Å². The Morgan fingerprint density at radius 3 is 2.67 bits per heavy atom. The van der Waals surface area contributed by atoms with Crippen molar-refractivity contribution in [1.29, 1.82) is 0 Å². The second-order valence-electron chi connectivity index (χ2n) is 4.16. The number of rotatable bonds is 7. The summed E-state index contributed by atoms with van der Waals surface area (Å²) < 4.78 is 36.2. The third-order valence-electron chi connectivity index (χ3n) is 2.77. The van der Waals surface area contributed by atoms with Crippen molar-refractivity contribution in [3.8, 4) is 0 Å². The second kappa shape index (κ2) is 7.70. The Hall–Kier alpha value is -0.660. The van der Waals surface area contributed by atoms with E-state index in [-0.39, 0.29) is 24.2 Å². The Bertz CT molecular complexity index is 348. The highest BCUT2D eigenvalue weighted by Crippen LogP contribution is 2.14. The molecule has 1 rings (SSSR count). The van der Waals surface area contributed by atoms with Gasteiger partial charge in [0.15, 0.2) is 0 Å². The van der Waals surface area contributed by atoms with Crippen LogP contribution in [0.3, 0.4) is 0 Å². The van der Waals surface area contributed by atoms with Crippen molar-refractivity contribution in [1.82, 2.24) is 4.72 Å². The van der Waals surface area contributed by atoms with Crippen molar-refractivity contribution in [2.24, 2.45) is 0 Å². The van der Waals surface area contributed by atoms with Crippen LogP contribution >= 0.6 is 0 Å². The van der Waals surface area contributed by atoms with E-state index >= 15 is 0 Å². The molecule has 1 heterocycles. The maximum atomic E-state index is 11.9. The highest BCUT2D eigenvalue weighted by molar-refractivity contribution is 7.90. The first kappa shape index (κ1) is 15.4. The average molecular weight is 279 g/mol. The summed E-state index contributed by atoms with van der Waals surface area (Å²) in [4.78, 5) is 11.1. The summed E-state index contributed by atoms with van der Waals surface area (Å²) in [6.07, 6.45) is 1.77. The van der Waals surface area contributed by atoms with Crippen LogP contribution in [0.2, 0.25) is 0 Å². The maximum Gasteiger partial charge on any atom is 0.305 e. The molecule has 0 aromatic carbocycles. The van der Waals surface area contributed by atoms with Gasteiger partial charge in [0.1, 0.15) is 0 Å². The molecule has 18 heavy (non-hydrogen) atoms. The molecule has 7 heteroatoms. The van der Waals surface area contributed by atoms with E-state index in [0.717, 1.165) is 0 Å². The summed E-state index contributed by atoms with van der Waals surface area (Å²) in [5.74, 6) is -0.289. The lowest BCUT2D eigenvalue weighted by molar-refractivity contribution is -0.143. The number of carbonyl (C=O) groups excluding carboxylic acids is 1. The fourth-order valence-corrected chi connectivity index (χ4v) is 3.26. The molecule has 6 nitrogen and oxygen atoms in total. The van der Waals surface area contributed by atoms with Crippen LogP contribution in [0.15, 0.2) is 0 Å². The van der Waals surface area contributed by atoms with Gasteiger partial charge in [0.2, 0.25) is 10.0 Å². The van der Waals surface area contributed by atoms with E-state index in [1.807, 2.05) is 0 Å². The molecule has 0 aliphatic carbocycles. The van der Waals surface area contributed by atoms with Gasteiger partial charge >= 0.3 is 5.97 Å². The van der Waals surface area contributed by atoms with Crippen LogP contribution in [0.25, 0.3) is 0 Å². The summed E-state index contributed by atoms with van der Waals surface area (Å²) in [6.45, 7) is 3.36. The Labute approximate surface area is 108 Å². The molecular formula is C11H21NO5S. The third-order valence-corrected chi connectivity index (χ3v) is 4.73. The Balaban J connectivity index is 2.22. The largest absolute Gasteiger partial charge is 0.466 e. The monoisotopic (exact) mass is 279 g/mol. The lowest BCUT2D eigenvalue weighted by atomic mass is 10.2. The Kier molecular flexibility index (Phi) is 6.59. The van der Waals surface area contributed by atoms with Crippen LogP contribution in [0.4, 0.5) is 0 Å². The van der Waals surface area contributed by atoms with Crippen LogP contribution in [0.1, 0.15) is 32.6 Å². The highest BCUT2D eigenvalue weighted by Gasteiger charge is 2.26. The lowest BCUT2D eigenvalue weighted by Gasteiger charge is -2.22. The molecule has 0 amide bonds. The number of hydrogen-bond donors (Lipinski definition) is 1. The molecule has 0 radical (unpaired) electrons. The van der Waals surface area contributed by atoms with Gasteiger partial charge in [-0.3, -0.25) is 4.79 Å². The first-order valence-electron chi connectivity index (χ1n) is 6.28. The second-order valence-corrected chi connectivity index (χ2v) is 6.21. The third kappa shape index (κ3) is 5.32. The number of esters is 1. The minimum Gasteiger partial charge on any atom is -0.466 e. The van der Waals surface area contributed by atoms with Crippen molar-refractivity contribution in [2.75, 3.05) is 26.4 Å². The molecule has 1 aliphatic rings. The average Bonchev–Trinajstić information content (AvgIpc) is 2.36. The molecule has 0 aromatic heterocycles. The number of carbonyl (C=O) groups is 1. The first-order chi connectivity index (χ1) is 8.56. The van der Waals surface area contributed by atoms with E-state index in [1.165, 1.54) is 0 Å². The summed E-state index contributed by atoms with van der Waals surface area (Å²) >= 11 is 0. The van der Waals surface area contributed by atoms with Crippen LogP contribution in [-0.2, 0) is 24.3 Å². The zero-order valence-corrected chi connectivity index (χ0v) is 11.5. The number of hydrogen-bond acceptors (Lipinski definition) is 5. The molecule has 0 atom stereocenters. The Morgan fingerprint density at radius 2 is 2.06 bits per heavy atom. The normalized spacial score (nSPS) is 17.6.